The SMILES string of the molecule is CCOc1cc(NC(=O)CC2CCNC2)ccc1OC.Cl. The highest BCUT2D eigenvalue weighted by molar-refractivity contribution is 5.91. The van der Waals surface area contributed by atoms with Crippen LogP contribution >= 0.6 is 12.4 Å². The van der Waals surface area contributed by atoms with E-state index in [-0.39, 0.29) is 18.3 Å². The van der Waals surface area contributed by atoms with Crippen molar-refractivity contribution in [2.75, 3.05) is 32.1 Å². The molecule has 1 aromatic carbocycles. The molecule has 1 saturated heterocycles. The Morgan fingerprint density at radius 3 is 2.86 bits per heavy atom. The van der Waals surface area contributed by atoms with Crippen LogP contribution in [0.15, 0.2) is 18.2 Å². The number of halogens is 1. The maximum absolute atomic E-state index is 12.0. The summed E-state index contributed by atoms with van der Waals surface area (Å²) < 4.78 is 10.7. The lowest BCUT2D eigenvalue weighted by molar-refractivity contribution is -0.116. The van der Waals surface area contributed by atoms with Gasteiger partial charge in [0, 0.05) is 18.2 Å². The second-order valence-corrected chi connectivity index (χ2v) is 4.91. The molecule has 0 spiro atoms. The minimum Gasteiger partial charge on any atom is -0.493 e. The van der Waals surface area contributed by atoms with E-state index in [1.165, 1.54) is 0 Å². The van der Waals surface area contributed by atoms with E-state index in [2.05, 4.69) is 10.6 Å². The van der Waals surface area contributed by atoms with Gasteiger partial charge in [-0.05, 0) is 44.5 Å². The number of hydrogen-bond acceptors (Lipinski definition) is 4. The molecule has 118 valence electrons. The van der Waals surface area contributed by atoms with Gasteiger partial charge in [-0.25, -0.2) is 0 Å². The van der Waals surface area contributed by atoms with Crippen LogP contribution in [0.1, 0.15) is 19.8 Å². The molecular formula is C15H23ClN2O3. The topological polar surface area (TPSA) is 59.6 Å². The fourth-order valence-corrected chi connectivity index (χ4v) is 2.39. The molecule has 21 heavy (non-hydrogen) atoms. The van der Waals surface area contributed by atoms with Gasteiger partial charge in [0.25, 0.3) is 0 Å². The van der Waals surface area contributed by atoms with E-state index >= 15 is 0 Å². The molecule has 2 rings (SSSR count). The molecule has 1 amide bonds. The molecule has 5 nitrogen and oxygen atoms in total. The molecule has 0 radical (unpaired) electrons. The molecule has 1 heterocycles. The average Bonchev–Trinajstić information content (AvgIpc) is 2.92. The summed E-state index contributed by atoms with van der Waals surface area (Å²) in [5.41, 5.74) is 0.741. The number of ether oxygens (including phenoxy) is 2. The number of nitrogens with one attached hydrogen (secondary N) is 2. The summed E-state index contributed by atoms with van der Waals surface area (Å²) in [6.45, 7) is 4.41. The van der Waals surface area contributed by atoms with Gasteiger partial charge in [-0.1, -0.05) is 0 Å². The van der Waals surface area contributed by atoms with Gasteiger partial charge in [0.1, 0.15) is 0 Å². The first-order valence-electron chi connectivity index (χ1n) is 7.04. The van der Waals surface area contributed by atoms with Crippen LogP contribution in [-0.4, -0.2) is 32.7 Å². The van der Waals surface area contributed by atoms with Crippen LogP contribution in [0.5, 0.6) is 11.5 Å². The zero-order valence-corrected chi connectivity index (χ0v) is 13.3. The minimum atomic E-state index is 0. The molecule has 1 aliphatic heterocycles. The van der Waals surface area contributed by atoms with E-state index in [0.29, 0.717) is 30.4 Å². The van der Waals surface area contributed by atoms with E-state index in [1.807, 2.05) is 13.0 Å². The first-order valence-corrected chi connectivity index (χ1v) is 7.04. The highest BCUT2D eigenvalue weighted by Gasteiger charge is 2.18. The van der Waals surface area contributed by atoms with Crippen molar-refractivity contribution in [2.24, 2.45) is 5.92 Å². The fourth-order valence-electron chi connectivity index (χ4n) is 2.39. The lowest BCUT2D eigenvalue weighted by Gasteiger charge is -2.13. The van der Waals surface area contributed by atoms with Crippen LogP contribution in [-0.2, 0) is 4.79 Å². The number of hydrogen-bond donors (Lipinski definition) is 2. The van der Waals surface area contributed by atoms with Gasteiger partial charge in [0.15, 0.2) is 11.5 Å². The molecule has 1 aromatic rings. The second kappa shape index (κ2) is 8.74. The smallest absolute Gasteiger partial charge is 0.224 e. The van der Waals surface area contributed by atoms with Gasteiger partial charge in [-0.2, -0.15) is 0 Å². The number of carbonyl (C=O) groups is 1. The van der Waals surface area contributed by atoms with E-state index in [4.69, 9.17) is 9.47 Å². The molecular weight excluding hydrogens is 292 g/mol. The number of benzene rings is 1. The predicted octanol–water partition coefficient (Wildman–Crippen LogP) is 2.45. The van der Waals surface area contributed by atoms with Crippen LogP contribution in [0.3, 0.4) is 0 Å². The third-order valence-corrected chi connectivity index (χ3v) is 3.38. The van der Waals surface area contributed by atoms with Gasteiger partial charge >= 0.3 is 0 Å². The first-order chi connectivity index (χ1) is 9.72. The highest BCUT2D eigenvalue weighted by atomic mass is 35.5. The Morgan fingerprint density at radius 1 is 1.43 bits per heavy atom. The summed E-state index contributed by atoms with van der Waals surface area (Å²) in [5.74, 6) is 1.81. The summed E-state index contributed by atoms with van der Waals surface area (Å²) in [6, 6.07) is 5.43. The monoisotopic (exact) mass is 314 g/mol. The third kappa shape index (κ3) is 5.10. The molecule has 1 unspecified atom stereocenters. The van der Waals surface area contributed by atoms with E-state index in [0.717, 1.165) is 25.2 Å². The molecule has 2 N–H and O–H groups in total. The van der Waals surface area contributed by atoms with Crippen LogP contribution < -0.4 is 20.1 Å². The van der Waals surface area contributed by atoms with Crippen molar-refractivity contribution in [3.8, 4) is 11.5 Å². The lowest BCUT2D eigenvalue weighted by atomic mass is 10.0. The Kier molecular flexibility index (Phi) is 7.32. The standard InChI is InChI=1S/C15H22N2O3.ClH/c1-3-20-14-9-12(4-5-13(14)19-2)17-15(18)8-11-6-7-16-10-11;/h4-5,9,11,16H,3,6-8,10H2,1-2H3,(H,17,18);1H. The predicted molar refractivity (Wildman–Crippen MR) is 85.6 cm³/mol. The molecule has 6 heteroatoms. The molecule has 0 saturated carbocycles. The van der Waals surface area contributed by atoms with Crippen molar-refractivity contribution in [1.82, 2.24) is 5.32 Å². The van der Waals surface area contributed by atoms with Crippen molar-refractivity contribution in [1.29, 1.82) is 0 Å². The van der Waals surface area contributed by atoms with Gasteiger partial charge < -0.3 is 20.1 Å². The normalized spacial score (nSPS) is 17.0. The van der Waals surface area contributed by atoms with Crippen molar-refractivity contribution in [2.45, 2.75) is 19.8 Å². The van der Waals surface area contributed by atoms with Crippen LogP contribution in [0.4, 0.5) is 5.69 Å². The van der Waals surface area contributed by atoms with E-state index in [9.17, 15) is 4.79 Å². The summed E-state index contributed by atoms with van der Waals surface area (Å²) in [5, 5.41) is 6.18. The summed E-state index contributed by atoms with van der Waals surface area (Å²) in [4.78, 5) is 12.0. The minimum absolute atomic E-state index is 0. The zero-order valence-electron chi connectivity index (χ0n) is 12.5. The second-order valence-electron chi connectivity index (χ2n) is 4.91. The van der Waals surface area contributed by atoms with Gasteiger partial charge in [-0.15, -0.1) is 12.4 Å². The van der Waals surface area contributed by atoms with Gasteiger partial charge in [-0.3, -0.25) is 4.79 Å². The van der Waals surface area contributed by atoms with Gasteiger partial charge in [0.05, 0.1) is 13.7 Å². The Bertz CT molecular complexity index is 462. The van der Waals surface area contributed by atoms with Crippen molar-refractivity contribution >= 4 is 24.0 Å². The van der Waals surface area contributed by atoms with E-state index in [1.54, 1.807) is 19.2 Å². The number of amides is 1. The summed E-state index contributed by atoms with van der Waals surface area (Å²) >= 11 is 0. The quantitative estimate of drug-likeness (QED) is 0.847. The van der Waals surface area contributed by atoms with E-state index < -0.39 is 0 Å². The van der Waals surface area contributed by atoms with Crippen LogP contribution in [0.25, 0.3) is 0 Å². The zero-order chi connectivity index (χ0) is 14.4. The molecule has 1 fully saturated rings. The Hall–Kier alpha value is -1.46. The van der Waals surface area contributed by atoms with Crippen LogP contribution in [0, 0.1) is 5.92 Å². The maximum atomic E-state index is 12.0. The Balaban J connectivity index is 0.00000220. The highest BCUT2D eigenvalue weighted by Crippen LogP contribution is 2.30. The molecule has 1 aliphatic rings. The molecule has 0 aromatic heterocycles. The fraction of sp³-hybridized carbons (Fsp3) is 0.533. The lowest BCUT2D eigenvalue weighted by Crippen LogP contribution is -2.18. The Morgan fingerprint density at radius 2 is 2.24 bits per heavy atom. The number of anilines is 1. The summed E-state index contributed by atoms with van der Waals surface area (Å²) in [6.07, 6.45) is 1.63. The summed E-state index contributed by atoms with van der Waals surface area (Å²) in [7, 11) is 1.60. The molecule has 0 aliphatic carbocycles. The third-order valence-electron chi connectivity index (χ3n) is 3.38. The first kappa shape index (κ1) is 17.6. The molecule has 1 atom stereocenters. The Labute approximate surface area is 131 Å². The van der Waals surface area contributed by atoms with Crippen molar-refractivity contribution in [3.63, 3.8) is 0 Å². The maximum Gasteiger partial charge on any atom is 0.224 e. The number of carbonyl (C=O) groups excluding carboxylic acids is 1. The number of methoxy groups -OCH3 is 1. The van der Waals surface area contributed by atoms with Gasteiger partial charge in [0.2, 0.25) is 5.91 Å². The molecule has 0 bridgehead atoms. The average molecular weight is 315 g/mol. The van der Waals surface area contributed by atoms with Crippen LogP contribution in [0.2, 0.25) is 0 Å². The van der Waals surface area contributed by atoms with Crippen molar-refractivity contribution < 1.29 is 14.3 Å². The van der Waals surface area contributed by atoms with Crippen molar-refractivity contribution in [3.05, 3.63) is 18.2 Å². The largest absolute Gasteiger partial charge is 0.493 e. The number of rotatable bonds is 6.